The van der Waals surface area contributed by atoms with Gasteiger partial charge in [-0.1, -0.05) is 18.2 Å². The minimum atomic E-state index is -0.407. The number of benzene rings is 2. The summed E-state index contributed by atoms with van der Waals surface area (Å²) in [5.41, 5.74) is 3.27. The minimum Gasteiger partial charge on any atom is -0.454 e. The van der Waals surface area contributed by atoms with Gasteiger partial charge < -0.3 is 19.2 Å². The Balaban J connectivity index is 1.18. The summed E-state index contributed by atoms with van der Waals surface area (Å²) >= 11 is 1.47. The molecule has 4 aromatic rings. The molecule has 0 unspecified atom stereocenters. The van der Waals surface area contributed by atoms with Crippen LogP contribution in [0.5, 0.6) is 11.5 Å². The number of oxazole rings is 1. The number of amides is 1. The Bertz CT molecular complexity index is 1350. The van der Waals surface area contributed by atoms with Gasteiger partial charge in [0.05, 0.1) is 11.2 Å². The number of hydrogen-bond donors (Lipinski definition) is 1. The van der Waals surface area contributed by atoms with E-state index in [1.807, 2.05) is 43.3 Å². The topological polar surface area (TPSA) is 95.6 Å². The lowest BCUT2D eigenvalue weighted by Crippen LogP contribution is -2.17. The molecule has 0 saturated heterocycles. The molecule has 2 aromatic carbocycles. The number of thiazole rings is 1. The van der Waals surface area contributed by atoms with Gasteiger partial charge in [-0.3, -0.25) is 9.36 Å². The summed E-state index contributed by atoms with van der Waals surface area (Å²) in [6.45, 7) is 2.60. The molecule has 8 nitrogen and oxygen atoms in total. The first-order chi connectivity index (χ1) is 15.6. The second-order valence-corrected chi connectivity index (χ2v) is 8.61. The molecular formula is C23H21N3O5S. The number of hydrogen-bond acceptors (Lipinski definition) is 7. The third-order valence-electron chi connectivity index (χ3n) is 5.30. The van der Waals surface area contributed by atoms with E-state index < -0.39 is 5.76 Å². The van der Waals surface area contributed by atoms with Gasteiger partial charge in [0.15, 0.2) is 22.2 Å². The Morgan fingerprint density at radius 1 is 1.19 bits per heavy atom. The molecule has 5 rings (SSSR count). The van der Waals surface area contributed by atoms with Gasteiger partial charge in [0, 0.05) is 24.3 Å². The summed E-state index contributed by atoms with van der Waals surface area (Å²) in [6, 6.07) is 13.2. The summed E-state index contributed by atoms with van der Waals surface area (Å²) in [4.78, 5) is 30.0. The Labute approximate surface area is 187 Å². The molecule has 0 saturated carbocycles. The SMILES string of the molecule is Cc1nc(NC(=O)CCCn2c(=O)oc3ccccc32)sc1Cc1ccc2c(c1)OCO2. The molecule has 2 aromatic heterocycles. The van der Waals surface area contributed by atoms with Gasteiger partial charge in [0.25, 0.3) is 0 Å². The fraction of sp³-hybridized carbons (Fsp3) is 0.261. The number of carbonyl (C=O) groups excluding carboxylic acids is 1. The molecule has 1 N–H and O–H groups in total. The van der Waals surface area contributed by atoms with Crippen molar-refractivity contribution in [2.24, 2.45) is 0 Å². The summed E-state index contributed by atoms with van der Waals surface area (Å²) in [5.74, 6) is 0.973. The lowest BCUT2D eigenvalue weighted by molar-refractivity contribution is -0.116. The fourth-order valence-corrected chi connectivity index (χ4v) is 4.70. The Morgan fingerprint density at radius 3 is 2.94 bits per heavy atom. The summed E-state index contributed by atoms with van der Waals surface area (Å²) in [6.07, 6.45) is 1.50. The molecule has 3 heterocycles. The molecule has 0 spiro atoms. The van der Waals surface area contributed by atoms with Crippen LogP contribution < -0.4 is 20.5 Å². The summed E-state index contributed by atoms with van der Waals surface area (Å²) in [7, 11) is 0. The number of ether oxygens (including phenoxy) is 2. The van der Waals surface area contributed by atoms with Crippen LogP contribution in [0.15, 0.2) is 51.7 Å². The van der Waals surface area contributed by atoms with Crippen molar-refractivity contribution >= 4 is 33.5 Å². The monoisotopic (exact) mass is 451 g/mol. The highest BCUT2D eigenvalue weighted by Gasteiger charge is 2.16. The molecule has 164 valence electrons. The first-order valence-electron chi connectivity index (χ1n) is 10.3. The van der Waals surface area contributed by atoms with Gasteiger partial charge in [-0.05, 0) is 43.2 Å². The maximum Gasteiger partial charge on any atom is 0.419 e. The zero-order chi connectivity index (χ0) is 22.1. The number of para-hydroxylation sites is 2. The Hall–Kier alpha value is -3.59. The molecule has 9 heteroatoms. The molecule has 0 atom stereocenters. The van der Waals surface area contributed by atoms with E-state index in [0.29, 0.717) is 30.1 Å². The molecule has 32 heavy (non-hydrogen) atoms. The van der Waals surface area contributed by atoms with E-state index in [0.717, 1.165) is 33.2 Å². The third-order valence-corrected chi connectivity index (χ3v) is 6.37. The number of nitrogens with zero attached hydrogens (tertiary/aromatic N) is 2. The van der Waals surface area contributed by atoms with Crippen molar-refractivity contribution in [1.82, 2.24) is 9.55 Å². The van der Waals surface area contributed by atoms with E-state index in [-0.39, 0.29) is 19.1 Å². The molecule has 0 fully saturated rings. The highest BCUT2D eigenvalue weighted by atomic mass is 32.1. The van der Waals surface area contributed by atoms with Gasteiger partial charge in [0.1, 0.15) is 0 Å². The van der Waals surface area contributed by atoms with E-state index in [1.165, 1.54) is 11.3 Å². The largest absolute Gasteiger partial charge is 0.454 e. The Kier molecular flexibility index (Phi) is 5.40. The van der Waals surface area contributed by atoms with Crippen LogP contribution in [0.1, 0.15) is 29.0 Å². The molecule has 1 aliphatic heterocycles. The van der Waals surface area contributed by atoms with E-state index >= 15 is 0 Å². The predicted octanol–water partition coefficient (Wildman–Crippen LogP) is 4.10. The van der Waals surface area contributed by atoms with Crippen LogP contribution in [-0.4, -0.2) is 22.3 Å². The van der Waals surface area contributed by atoms with Crippen LogP contribution in [0.25, 0.3) is 11.1 Å². The van der Waals surface area contributed by atoms with Crippen LogP contribution in [0.4, 0.5) is 5.13 Å². The lowest BCUT2D eigenvalue weighted by Gasteiger charge is -2.03. The normalized spacial score (nSPS) is 12.4. The van der Waals surface area contributed by atoms with Crippen molar-refractivity contribution in [3.63, 3.8) is 0 Å². The number of rotatable bonds is 7. The minimum absolute atomic E-state index is 0.130. The summed E-state index contributed by atoms with van der Waals surface area (Å²) in [5, 5.41) is 3.45. The Morgan fingerprint density at radius 2 is 2.03 bits per heavy atom. The van der Waals surface area contributed by atoms with Gasteiger partial charge in [0.2, 0.25) is 12.7 Å². The molecule has 1 amide bonds. The quantitative estimate of drug-likeness (QED) is 0.455. The average Bonchev–Trinajstić information content (AvgIpc) is 3.45. The van der Waals surface area contributed by atoms with Crippen LogP contribution in [0.2, 0.25) is 0 Å². The fourth-order valence-electron chi connectivity index (χ4n) is 3.69. The van der Waals surface area contributed by atoms with Crippen LogP contribution in [0, 0.1) is 6.92 Å². The number of fused-ring (bicyclic) bond motifs is 2. The highest BCUT2D eigenvalue weighted by Crippen LogP contribution is 2.34. The van der Waals surface area contributed by atoms with Crippen LogP contribution in [0.3, 0.4) is 0 Å². The van der Waals surface area contributed by atoms with E-state index in [9.17, 15) is 9.59 Å². The van der Waals surface area contributed by atoms with Gasteiger partial charge in [-0.2, -0.15) is 0 Å². The van der Waals surface area contributed by atoms with E-state index in [4.69, 9.17) is 13.9 Å². The predicted molar refractivity (Wildman–Crippen MR) is 121 cm³/mol. The number of aromatic nitrogens is 2. The van der Waals surface area contributed by atoms with Crippen LogP contribution in [-0.2, 0) is 17.8 Å². The smallest absolute Gasteiger partial charge is 0.419 e. The zero-order valence-corrected chi connectivity index (χ0v) is 18.2. The molecular weight excluding hydrogens is 430 g/mol. The van der Waals surface area contributed by atoms with Crippen molar-refractivity contribution in [2.75, 3.05) is 12.1 Å². The number of aryl methyl sites for hydroxylation is 2. The molecule has 1 aliphatic rings. The number of anilines is 1. The number of carbonyl (C=O) groups is 1. The van der Waals surface area contributed by atoms with Gasteiger partial charge in [-0.25, -0.2) is 9.78 Å². The molecule has 0 radical (unpaired) electrons. The molecule has 0 bridgehead atoms. The van der Waals surface area contributed by atoms with Crippen molar-refractivity contribution in [2.45, 2.75) is 32.7 Å². The lowest BCUT2D eigenvalue weighted by atomic mass is 10.1. The molecule has 0 aliphatic carbocycles. The highest BCUT2D eigenvalue weighted by molar-refractivity contribution is 7.15. The zero-order valence-electron chi connectivity index (χ0n) is 17.4. The second-order valence-electron chi connectivity index (χ2n) is 7.53. The van der Waals surface area contributed by atoms with Crippen molar-refractivity contribution in [3.8, 4) is 11.5 Å². The third kappa shape index (κ3) is 4.11. The maximum absolute atomic E-state index is 12.4. The first kappa shape index (κ1) is 20.3. The van der Waals surface area contributed by atoms with Crippen molar-refractivity contribution < 1.29 is 18.7 Å². The van der Waals surface area contributed by atoms with Crippen molar-refractivity contribution in [3.05, 3.63) is 69.1 Å². The average molecular weight is 452 g/mol. The van der Waals surface area contributed by atoms with Gasteiger partial charge >= 0.3 is 5.76 Å². The van der Waals surface area contributed by atoms with E-state index in [2.05, 4.69) is 10.3 Å². The standard InChI is InChI=1S/C23H21N3O5S/c1-14-20(12-15-8-9-18-19(11-15)30-13-29-18)32-22(24-14)25-21(27)7-4-10-26-16-5-2-3-6-17(16)31-23(26)28/h2-3,5-6,8-9,11H,4,7,10,12-13H2,1H3,(H,24,25,27). The summed E-state index contributed by atoms with van der Waals surface area (Å²) < 4.78 is 17.6. The first-order valence-corrected chi connectivity index (χ1v) is 11.1. The maximum atomic E-state index is 12.4. The van der Waals surface area contributed by atoms with Gasteiger partial charge in [-0.15, -0.1) is 11.3 Å². The van der Waals surface area contributed by atoms with Crippen LogP contribution >= 0.6 is 11.3 Å². The second kappa shape index (κ2) is 8.51. The number of nitrogens with one attached hydrogen (secondary N) is 1. The van der Waals surface area contributed by atoms with E-state index in [1.54, 1.807) is 10.6 Å². The van der Waals surface area contributed by atoms with Crippen molar-refractivity contribution in [1.29, 1.82) is 0 Å².